The highest BCUT2D eigenvalue weighted by atomic mass is 15.1. The lowest BCUT2D eigenvalue weighted by molar-refractivity contribution is 0.912. The van der Waals surface area contributed by atoms with Gasteiger partial charge in [-0.2, -0.15) is 5.26 Å². The average molecular weight is 254 g/mol. The second-order valence-electron chi connectivity index (χ2n) is 4.95. The van der Waals surface area contributed by atoms with E-state index >= 15 is 0 Å². The van der Waals surface area contributed by atoms with Crippen molar-refractivity contribution in [1.29, 1.82) is 5.26 Å². The van der Waals surface area contributed by atoms with E-state index in [0.717, 1.165) is 24.1 Å². The Morgan fingerprint density at radius 1 is 1.42 bits per heavy atom. The molecule has 2 heteroatoms. The van der Waals surface area contributed by atoms with E-state index in [-0.39, 0.29) is 0 Å². The van der Waals surface area contributed by atoms with Crippen molar-refractivity contribution in [2.45, 2.75) is 33.6 Å². The molecule has 0 aromatic heterocycles. The summed E-state index contributed by atoms with van der Waals surface area (Å²) in [4.78, 5) is 2.05. The maximum Gasteiger partial charge on any atom is 0.0992 e. The van der Waals surface area contributed by atoms with Gasteiger partial charge in [0.1, 0.15) is 0 Å². The number of aryl methyl sites for hydroxylation is 1. The number of allylic oxidation sites excluding steroid dienone is 2. The van der Waals surface area contributed by atoms with Gasteiger partial charge in [-0.25, -0.2) is 0 Å². The molecular weight excluding hydrogens is 232 g/mol. The SMILES string of the molecule is C=C(CCC)/C(C)=C\N(C)c1cc(C)cc(C#N)c1. The van der Waals surface area contributed by atoms with Crippen molar-refractivity contribution >= 4 is 5.69 Å². The molecule has 1 aromatic rings. The quantitative estimate of drug-likeness (QED) is 0.720. The van der Waals surface area contributed by atoms with Crippen LogP contribution in [0, 0.1) is 18.3 Å². The Kier molecular flexibility index (Phi) is 5.38. The van der Waals surface area contributed by atoms with Crippen LogP contribution in [-0.2, 0) is 0 Å². The monoisotopic (exact) mass is 254 g/mol. The number of nitriles is 1. The van der Waals surface area contributed by atoms with E-state index in [1.54, 1.807) is 0 Å². The highest BCUT2D eigenvalue weighted by molar-refractivity contribution is 5.56. The average Bonchev–Trinajstić information content (AvgIpc) is 2.38. The number of hydrogen-bond acceptors (Lipinski definition) is 2. The van der Waals surface area contributed by atoms with E-state index in [4.69, 9.17) is 5.26 Å². The van der Waals surface area contributed by atoms with E-state index in [9.17, 15) is 0 Å². The molecule has 0 aliphatic rings. The molecular formula is C17H22N2. The first kappa shape index (κ1) is 15.0. The fourth-order valence-electron chi connectivity index (χ4n) is 1.99. The molecule has 0 bridgehead atoms. The Balaban J connectivity index is 2.98. The van der Waals surface area contributed by atoms with Crippen LogP contribution in [0.5, 0.6) is 0 Å². The number of benzene rings is 1. The molecule has 0 saturated heterocycles. The molecule has 0 unspecified atom stereocenters. The highest BCUT2D eigenvalue weighted by Gasteiger charge is 2.03. The third-order valence-electron chi connectivity index (χ3n) is 3.10. The standard InChI is InChI=1S/C17H22N2/c1-6-7-14(3)15(4)12-19(5)17-9-13(2)8-16(10-17)11-18/h8-10,12H,3,6-7H2,1-2,4-5H3/b15-12-. The molecule has 100 valence electrons. The molecule has 0 aliphatic heterocycles. The first-order valence-electron chi connectivity index (χ1n) is 6.59. The summed E-state index contributed by atoms with van der Waals surface area (Å²) in [6, 6.07) is 8.07. The molecule has 0 heterocycles. The van der Waals surface area contributed by atoms with Crippen LogP contribution in [0.15, 0.2) is 42.1 Å². The van der Waals surface area contributed by atoms with Gasteiger partial charge in [0, 0.05) is 18.9 Å². The van der Waals surface area contributed by atoms with E-state index in [1.165, 1.54) is 11.1 Å². The van der Waals surface area contributed by atoms with Gasteiger partial charge >= 0.3 is 0 Å². The summed E-state index contributed by atoms with van der Waals surface area (Å²) in [5, 5.41) is 9.01. The predicted octanol–water partition coefficient (Wildman–Crippen LogP) is 4.56. The maximum atomic E-state index is 9.01. The Hall–Kier alpha value is -2.01. The van der Waals surface area contributed by atoms with Crippen LogP contribution in [0.2, 0.25) is 0 Å². The minimum atomic E-state index is 0.695. The van der Waals surface area contributed by atoms with Gasteiger partial charge in [0.25, 0.3) is 0 Å². The Morgan fingerprint density at radius 3 is 2.68 bits per heavy atom. The number of nitrogens with zero attached hydrogens (tertiary/aromatic N) is 2. The van der Waals surface area contributed by atoms with Crippen molar-refractivity contribution in [3.8, 4) is 6.07 Å². The van der Waals surface area contributed by atoms with Crippen molar-refractivity contribution < 1.29 is 0 Å². The van der Waals surface area contributed by atoms with Crippen LogP contribution in [0.25, 0.3) is 0 Å². The van der Waals surface area contributed by atoms with Crippen LogP contribution in [0.3, 0.4) is 0 Å². The van der Waals surface area contributed by atoms with Crippen LogP contribution in [0.4, 0.5) is 5.69 Å². The molecule has 0 aliphatic carbocycles. The van der Waals surface area contributed by atoms with Gasteiger partial charge in [0.05, 0.1) is 11.6 Å². The molecule has 0 amide bonds. The minimum absolute atomic E-state index is 0.695. The zero-order chi connectivity index (χ0) is 14.4. The van der Waals surface area contributed by atoms with Crippen molar-refractivity contribution in [2.24, 2.45) is 0 Å². The van der Waals surface area contributed by atoms with Gasteiger partial charge in [-0.1, -0.05) is 25.5 Å². The highest BCUT2D eigenvalue weighted by Crippen LogP contribution is 2.20. The Morgan fingerprint density at radius 2 is 2.11 bits per heavy atom. The van der Waals surface area contributed by atoms with E-state index in [2.05, 4.69) is 38.8 Å². The van der Waals surface area contributed by atoms with Crippen molar-refractivity contribution in [2.75, 3.05) is 11.9 Å². The third-order valence-corrected chi connectivity index (χ3v) is 3.10. The third kappa shape index (κ3) is 4.30. The topological polar surface area (TPSA) is 27.0 Å². The summed E-state index contributed by atoms with van der Waals surface area (Å²) in [6.07, 6.45) is 4.21. The maximum absolute atomic E-state index is 9.01. The van der Waals surface area contributed by atoms with Crippen molar-refractivity contribution in [1.82, 2.24) is 0 Å². The normalized spacial score (nSPS) is 11.0. The van der Waals surface area contributed by atoms with Gasteiger partial charge in [-0.05, 0) is 49.6 Å². The molecule has 1 rings (SSSR count). The van der Waals surface area contributed by atoms with Crippen LogP contribution in [-0.4, -0.2) is 7.05 Å². The molecule has 0 radical (unpaired) electrons. The Labute approximate surface area is 116 Å². The summed E-state index contributed by atoms with van der Waals surface area (Å²) < 4.78 is 0. The Bertz CT molecular complexity index is 533. The van der Waals surface area contributed by atoms with Crippen molar-refractivity contribution in [3.05, 3.63) is 53.3 Å². The molecule has 0 atom stereocenters. The van der Waals surface area contributed by atoms with Gasteiger partial charge < -0.3 is 4.90 Å². The number of hydrogen-bond donors (Lipinski definition) is 0. The lowest BCUT2D eigenvalue weighted by Crippen LogP contribution is -2.10. The van der Waals surface area contributed by atoms with E-state index in [0.29, 0.717) is 5.56 Å². The molecule has 2 nitrogen and oxygen atoms in total. The first-order chi connectivity index (χ1) is 8.97. The molecule has 19 heavy (non-hydrogen) atoms. The number of rotatable bonds is 5. The lowest BCUT2D eigenvalue weighted by Gasteiger charge is -2.17. The first-order valence-corrected chi connectivity index (χ1v) is 6.59. The molecule has 0 spiro atoms. The molecule has 0 saturated carbocycles. The predicted molar refractivity (Wildman–Crippen MR) is 82.1 cm³/mol. The zero-order valence-electron chi connectivity index (χ0n) is 12.3. The zero-order valence-corrected chi connectivity index (χ0v) is 12.3. The van der Waals surface area contributed by atoms with E-state index < -0.39 is 0 Å². The van der Waals surface area contributed by atoms with Crippen LogP contribution < -0.4 is 4.90 Å². The largest absolute Gasteiger partial charge is 0.351 e. The minimum Gasteiger partial charge on any atom is -0.351 e. The lowest BCUT2D eigenvalue weighted by atomic mass is 10.1. The van der Waals surface area contributed by atoms with Gasteiger partial charge in [-0.3, -0.25) is 0 Å². The molecule has 0 fully saturated rings. The summed E-state index contributed by atoms with van der Waals surface area (Å²) in [5.74, 6) is 0. The molecule has 0 N–H and O–H groups in total. The second kappa shape index (κ2) is 6.80. The second-order valence-corrected chi connectivity index (χ2v) is 4.95. The van der Waals surface area contributed by atoms with Crippen LogP contribution >= 0.6 is 0 Å². The van der Waals surface area contributed by atoms with Crippen LogP contribution in [0.1, 0.15) is 37.8 Å². The van der Waals surface area contributed by atoms with Gasteiger partial charge in [-0.15, -0.1) is 0 Å². The van der Waals surface area contributed by atoms with Gasteiger partial charge in [0.15, 0.2) is 0 Å². The smallest absolute Gasteiger partial charge is 0.0992 e. The summed E-state index contributed by atoms with van der Waals surface area (Å²) in [7, 11) is 2.00. The summed E-state index contributed by atoms with van der Waals surface area (Å²) in [5.41, 5.74) is 5.17. The fraction of sp³-hybridized carbons (Fsp3) is 0.353. The van der Waals surface area contributed by atoms with Crippen molar-refractivity contribution in [3.63, 3.8) is 0 Å². The molecule has 1 aromatic carbocycles. The summed E-state index contributed by atoms with van der Waals surface area (Å²) >= 11 is 0. The van der Waals surface area contributed by atoms with E-state index in [1.807, 2.05) is 31.0 Å². The number of anilines is 1. The van der Waals surface area contributed by atoms with Gasteiger partial charge in [0.2, 0.25) is 0 Å². The fourth-order valence-corrected chi connectivity index (χ4v) is 1.99. The summed E-state index contributed by atoms with van der Waals surface area (Å²) in [6.45, 7) is 10.3.